The summed E-state index contributed by atoms with van der Waals surface area (Å²) in [5.74, 6) is 2.43. The van der Waals surface area contributed by atoms with Gasteiger partial charge in [-0.3, -0.25) is 4.79 Å². The van der Waals surface area contributed by atoms with Gasteiger partial charge >= 0.3 is 0 Å². The normalized spacial score (nSPS) is 20.1. The van der Waals surface area contributed by atoms with Gasteiger partial charge in [-0.2, -0.15) is 4.98 Å². The van der Waals surface area contributed by atoms with E-state index in [4.69, 9.17) is 9.26 Å². The van der Waals surface area contributed by atoms with Gasteiger partial charge in [0.2, 0.25) is 17.6 Å². The molecule has 0 radical (unpaired) electrons. The van der Waals surface area contributed by atoms with E-state index in [2.05, 4.69) is 20.8 Å². The van der Waals surface area contributed by atoms with Crippen LogP contribution < -0.4 is 15.4 Å². The summed E-state index contributed by atoms with van der Waals surface area (Å²) in [6, 6.07) is 7.21. The predicted molar refractivity (Wildman–Crippen MR) is 86.7 cm³/mol. The largest absolute Gasteiger partial charge is 0.485 e. The highest BCUT2D eigenvalue weighted by Crippen LogP contribution is 2.38. The minimum Gasteiger partial charge on any atom is -0.485 e. The van der Waals surface area contributed by atoms with Crippen molar-refractivity contribution in [2.24, 2.45) is 0 Å². The average Bonchev–Trinajstić information content (AvgIpc) is 3.12. The molecule has 2 heterocycles. The van der Waals surface area contributed by atoms with E-state index in [0.717, 1.165) is 37.9 Å². The Morgan fingerprint density at radius 2 is 2.12 bits per heavy atom. The second-order valence-electron chi connectivity index (χ2n) is 6.27. The minimum absolute atomic E-state index is 0.0144. The minimum atomic E-state index is -0.0835. The molecule has 1 aliphatic heterocycles. The summed E-state index contributed by atoms with van der Waals surface area (Å²) in [5, 5.41) is 10.0. The first-order chi connectivity index (χ1) is 11.8. The Morgan fingerprint density at radius 1 is 1.29 bits per heavy atom. The smallest absolute Gasteiger partial charge is 0.241 e. The van der Waals surface area contributed by atoms with Crippen LogP contribution in [-0.2, 0) is 11.4 Å². The van der Waals surface area contributed by atoms with Crippen LogP contribution in [0, 0.1) is 0 Å². The van der Waals surface area contributed by atoms with Gasteiger partial charge in [-0.1, -0.05) is 5.16 Å². The highest BCUT2D eigenvalue weighted by Gasteiger charge is 2.29. The van der Waals surface area contributed by atoms with Crippen LogP contribution in [0.1, 0.15) is 43.3 Å². The summed E-state index contributed by atoms with van der Waals surface area (Å²) < 4.78 is 10.8. The summed E-state index contributed by atoms with van der Waals surface area (Å²) in [4.78, 5) is 16.4. The van der Waals surface area contributed by atoms with Gasteiger partial charge in [0.15, 0.2) is 6.61 Å². The van der Waals surface area contributed by atoms with Gasteiger partial charge in [-0.05, 0) is 56.5 Å². The summed E-state index contributed by atoms with van der Waals surface area (Å²) >= 11 is 0. The molecule has 2 aromatic rings. The molecule has 2 fully saturated rings. The van der Waals surface area contributed by atoms with Crippen molar-refractivity contribution in [2.45, 2.75) is 44.2 Å². The summed E-state index contributed by atoms with van der Waals surface area (Å²) in [7, 11) is 0. The SMILES string of the molecule is O=C(Nc1ccc(OCc2noc(C3CC3)n2)cc1)C1CCCN1. The number of aromatic nitrogens is 2. The quantitative estimate of drug-likeness (QED) is 0.845. The molecular formula is C17H20N4O3. The van der Waals surface area contributed by atoms with Gasteiger partial charge in [-0.25, -0.2) is 0 Å². The Morgan fingerprint density at radius 3 is 2.83 bits per heavy atom. The van der Waals surface area contributed by atoms with Crippen LogP contribution >= 0.6 is 0 Å². The second-order valence-corrected chi connectivity index (χ2v) is 6.27. The highest BCUT2D eigenvalue weighted by atomic mass is 16.5. The zero-order valence-corrected chi connectivity index (χ0v) is 13.3. The van der Waals surface area contributed by atoms with Gasteiger partial charge in [0, 0.05) is 11.6 Å². The van der Waals surface area contributed by atoms with E-state index in [0.29, 0.717) is 23.4 Å². The molecule has 7 heteroatoms. The molecule has 24 heavy (non-hydrogen) atoms. The fourth-order valence-electron chi connectivity index (χ4n) is 2.74. The van der Waals surface area contributed by atoms with Crippen molar-refractivity contribution in [3.63, 3.8) is 0 Å². The monoisotopic (exact) mass is 328 g/mol. The molecule has 1 aromatic heterocycles. The van der Waals surface area contributed by atoms with Crippen molar-refractivity contribution < 1.29 is 14.1 Å². The lowest BCUT2D eigenvalue weighted by Gasteiger charge is -2.11. The van der Waals surface area contributed by atoms with E-state index in [1.165, 1.54) is 0 Å². The van der Waals surface area contributed by atoms with E-state index >= 15 is 0 Å². The predicted octanol–water partition coefficient (Wildman–Crippen LogP) is 2.22. The molecule has 1 unspecified atom stereocenters. The molecule has 1 amide bonds. The summed E-state index contributed by atoms with van der Waals surface area (Å²) in [5.41, 5.74) is 0.761. The van der Waals surface area contributed by atoms with E-state index < -0.39 is 0 Å². The molecule has 4 rings (SSSR count). The number of nitrogens with zero attached hydrogens (tertiary/aromatic N) is 2. The van der Waals surface area contributed by atoms with Gasteiger partial charge in [0.05, 0.1) is 6.04 Å². The molecule has 1 saturated carbocycles. The molecule has 2 aliphatic rings. The number of rotatable bonds is 6. The molecule has 126 valence electrons. The Bertz CT molecular complexity index is 703. The van der Waals surface area contributed by atoms with Crippen LogP contribution in [0.25, 0.3) is 0 Å². The maximum absolute atomic E-state index is 12.0. The zero-order valence-electron chi connectivity index (χ0n) is 13.3. The van der Waals surface area contributed by atoms with E-state index in [9.17, 15) is 4.79 Å². The number of carbonyl (C=O) groups excluding carboxylic acids is 1. The molecular weight excluding hydrogens is 308 g/mol. The average molecular weight is 328 g/mol. The van der Waals surface area contributed by atoms with Crippen molar-refractivity contribution in [3.05, 3.63) is 36.0 Å². The van der Waals surface area contributed by atoms with E-state index in [1.807, 2.05) is 24.3 Å². The number of anilines is 1. The Labute approximate surface area is 139 Å². The first-order valence-corrected chi connectivity index (χ1v) is 8.37. The number of hydrogen-bond donors (Lipinski definition) is 2. The molecule has 1 aromatic carbocycles. The van der Waals surface area contributed by atoms with Crippen LogP contribution in [0.4, 0.5) is 5.69 Å². The molecule has 2 N–H and O–H groups in total. The van der Waals surface area contributed by atoms with Gasteiger partial charge < -0.3 is 19.9 Å². The van der Waals surface area contributed by atoms with Crippen LogP contribution in [0.3, 0.4) is 0 Å². The van der Waals surface area contributed by atoms with Crippen LogP contribution in [0.15, 0.2) is 28.8 Å². The molecule has 0 bridgehead atoms. The highest BCUT2D eigenvalue weighted by molar-refractivity contribution is 5.95. The third-order valence-electron chi connectivity index (χ3n) is 4.28. The summed E-state index contributed by atoms with van der Waals surface area (Å²) in [6.07, 6.45) is 4.20. The molecule has 1 aliphatic carbocycles. The lowest BCUT2D eigenvalue weighted by molar-refractivity contribution is -0.117. The maximum atomic E-state index is 12.0. The number of benzene rings is 1. The number of hydrogen-bond acceptors (Lipinski definition) is 6. The van der Waals surface area contributed by atoms with E-state index in [1.54, 1.807) is 0 Å². The van der Waals surface area contributed by atoms with Crippen molar-refractivity contribution in [2.75, 3.05) is 11.9 Å². The fraction of sp³-hybridized carbons (Fsp3) is 0.471. The Balaban J connectivity index is 1.29. The first kappa shape index (κ1) is 15.1. The standard InChI is InChI=1S/C17H20N4O3/c22-16(14-2-1-9-18-14)19-12-5-7-13(8-6-12)23-10-15-20-17(24-21-15)11-3-4-11/h5-8,11,14,18H,1-4,9-10H2,(H,19,22). The van der Waals surface area contributed by atoms with Crippen LogP contribution in [-0.4, -0.2) is 28.6 Å². The number of nitrogens with one attached hydrogen (secondary N) is 2. The van der Waals surface area contributed by atoms with Crippen molar-refractivity contribution in [1.29, 1.82) is 0 Å². The second kappa shape index (κ2) is 6.60. The van der Waals surface area contributed by atoms with Gasteiger partial charge in [0.1, 0.15) is 5.75 Å². The Hall–Kier alpha value is -2.41. The van der Waals surface area contributed by atoms with Crippen molar-refractivity contribution in [1.82, 2.24) is 15.5 Å². The Kier molecular flexibility index (Phi) is 4.17. The van der Waals surface area contributed by atoms with Crippen molar-refractivity contribution >= 4 is 11.6 Å². The molecule has 0 spiro atoms. The number of carbonyl (C=O) groups is 1. The van der Waals surface area contributed by atoms with Gasteiger partial charge in [0.25, 0.3) is 0 Å². The van der Waals surface area contributed by atoms with E-state index in [-0.39, 0.29) is 18.6 Å². The number of ether oxygens (including phenoxy) is 1. The fourth-order valence-corrected chi connectivity index (χ4v) is 2.74. The van der Waals surface area contributed by atoms with Gasteiger partial charge in [-0.15, -0.1) is 0 Å². The topological polar surface area (TPSA) is 89.3 Å². The molecule has 1 atom stereocenters. The summed E-state index contributed by atoms with van der Waals surface area (Å²) in [6.45, 7) is 1.18. The maximum Gasteiger partial charge on any atom is 0.241 e. The van der Waals surface area contributed by atoms with Crippen LogP contribution in [0.2, 0.25) is 0 Å². The lowest BCUT2D eigenvalue weighted by atomic mass is 10.2. The third-order valence-corrected chi connectivity index (χ3v) is 4.28. The number of amides is 1. The van der Waals surface area contributed by atoms with Crippen LogP contribution in [0.5, 0.6) is 5.75 Å². The molecule has 1 saturated heterocycles. The van der Waals surface area contributed by atoms with Crippen molar-refractivity contribution in [3.8, 4) is 5.75 Å². The lowest BCUT2D eigenvalue weighted by Crippen LogP contribution is -2.35. The molecule has 7 nitrogen and oxygen atoms in total. The third kappa shape index (κ3) is 3.56. The first-order valence-electron chi connectivity index (χ1n) is 8.37. The zero-order chi connectivity index (χ0) is 16.4.